The number of nitro benzene ring substituents is 1. The summed E-state index contributed by atoms with van der Waals surface area (Å²) in [5.41, 5.74) is -0.158. The quantitative estimate of drug-likeness (QED) is 0.552. The predicted molar refractivity (Wildman–Crippen MR) is 76.0 cm³/mol. The SMILES string of the molecule is CCNC(CCOc1ccc(Br)cc1[N+](=O)[O-])C(=O)O. The van der Waals surface area contributed by atoms with Gasteiger partial charge < -0.3 is 15.2 Å². The molecule has 0 heterocycles. The van der Waals surface area contributed by atoms with E-state index in [0.717, 1.165) is 0 Å². The minimum Gasteiger partial charge on any atom is -0.487 e. The van der Waals surface area contributed by atoms with Crippen LogP contribution in [-0.2, 0) is 4.79 Å². The van der Waals surface area contributed by atoms with E-state index in [0.29, 0.717) is 11.0 Å². The van der Waals surface area contributed by atoms with Gasteiger partial charge in [-0.25, -0.2) is 0 Å². The Labute approximate surface area is 124 Å². The molecule has 0 amide bonds. The van der Waals surface area contributed by atoms with Crippen LogP contribution in [0, 0.1) is 10.1 Å². The number of hydrogen-bond acceptors (Lipinski definition) is 5. The van der Waals surface area contributed by atoms with Gasteiger partial charge in [0.2, 0.25) is 0 Å². The Morgan fingerprint density at radius 1 is 1.60 bits per heavy atom. The zero-order valence-electron chi connectivity index (χ0n) is 10.8. The van der Waals surface area contributed by atoms with Gasteiger partial charge >= 0.3 is 11.7 Å². The molecular weight excluding hydrogens is 332 g/mol. The fourth-order valence-electron chi connectivity index (χ4n) is 1.60. The van der Waals surface area contributed by atoms with Gasteiger partial charge in [-0.2, -0.15) is 0 Å². The van der Waals surface area contributed by atoms with Crippen molar-refractivity contribution in [2.24, 2.45) is 0 Å². The van der Waals surface area contributed by atoms with Gasteiger partial charge in [0.1, 0.15) is 6.04 Å². The molecule has 2 N–H and O–H groups in total. The lowest BCUT2D eigenvalue weighted by Crippen LogP contribution is -2.37. The molecule has 0 radical (unpaired) electrons. The van der Waals surface area contributed by atoms with Gasteiger partial charge in [-0.1, -0.05) is 22.9 Å². The van der Waals surface area contributed by atoms with Gasteiger partial charge in [-0.15, -0.1) is 0 Å². The van der Waals surface area contributed by atoms with E-state index in [-0.39, 0.29) is 24.5 Å². The maximum atomic E-state index is 10.9. The Morgan fingerprint density at radius 2 is 2.30 bits per heavy atom. The zero-order chi connectivity index (χ0) is 15.1. The van der Waals surface area contributed by atoms with E-state index in [4.69, 9.17) is 9.84 Å². The third kappa shape index (κ3) is 4.78. The first-order valence-electron chi connectivity index (χ1n) is 5.98. The first-order chi connectivity index (χ1) is 9.45. The van der Waals surface area contributed by atoms with Gasteiger partial charge in [0.05, 0.1) is 11.5 Å². The number of nitrogens with one attached hydrogen (secondary N) is 1. The minimum atomic E-state index is -0.972. The monoisotopic (exact) mass is 346 g/mol. The molecular formula is C12H15BrN2O5. The smallest absolute Gasteiger partial charge is 0.320 e. The lowest BCUT2D eigenvalue weighted by atomic mass is 10.2. The highest BCUT2D eigenvalue weighted by molar-refractivity contribution is 9.10. The Bertz CT molecular complexity index is 495. The van der Waals surface area contributed by atoms with E-state index < -0.39 is 16.9 Å². The fraction of sp³-hybridized carbons (Fsp3) is 0.417. The van der Waals surface area contributed by atoms with Crippen molar-refractivity contribution in [3.8, 4) is 5.75 Å². The second-order valence-corrected chi connectivity index (χ2v) is 4.87. The number of nitro groups is 1. The first-order valence-corrected chi connectivity index (χ1v) is 6.78. The molecule has 20 heavy (non-hydrogen) atoms. The zero-order valence-corrected chi connectivity index (χ0v) is 12.4. The van der Waals surface area contributed by atoms with Crippen LogP contribution >= 0.6 is 15.9 Å². The Balaban J connectivity index is 2.66. The molecule has 0 saturated carbocycles. The summed E-state index contributed by atoms with van der Waals surface area (Å²) < 4.78 is 5.89. The number of nitrogens with zero attached hydrogens (tertiary/aromatic N) is 1. The van der Waals surface area contributed by atoms with Crippen LogP contribution in [0.3, 0.4) is 0 Å². The number of ether oxygens (including phenoxy) is 1. The number of hydrogen-bond donors (Lipinski definition) is 2. The molecule has 0 aliphatic heterocycles. The maximum Gasteiger partial charge on any atom is 0.320 e. The molecule has 0 bridgehead atoms. The molecule has 8 heteroatoms. The number of carboxylic acid groups (broad SMARTS) is 1. The molecule has 0 spiro atoms. The minimum absolute atomic E-state index is 0.0758. The van der Waals surface area contributed by atoms with Crippen LogP contribution in [0.2, 0.25) is 0 Å². The largest absolute Gasteiger partial charge is 0.487 e. The molecule has 110 valence electrons. The highest BCUT2D eigenvalue weighted by Crippen LogP contribution is 2.30. The summed E-state index contributed by atoms with van der Waals surface area (Å²) in [6.45, 7) is 2.40. The van der Waals surface area contributed by atoms with Crippen LogP contribution in [0.4, 0.5) is 5.69 Å². The third-order valence-corrected chi connectivity index (χ3v) is 3.02. The Morgan fingerprint density at radius 3 is 2.85 bits per heavy atom. The third-order valence-electron chi connectivity index (χ3n) is 2.53. The van der Waals surface area contributed by atoms with E-state index in [1.165, 1.54) is 12.1 Å². The first kappa shape index (κ1) is 16.4. The van der Waals surface area contributed by atoms with Crippen molar-refractivity contribution < 1.29 is 19.6 Å². The van der Waals surface area contributed by atoms with Crippen molar-refractivity contribution in [3.63, 3.8) is 0 Å². The number of rotatable bonds is 8. The van der Waals surface area contributed by atoms with E-state index in [9.17, 15) is 14.9 Å². The van der Waals surface area contributed by atoms with E-state index in [1.54, 1.807) is 13.0 Å². The Kier molecular flexibility index (Phi) is 6.40. The number of carbonyl (C=O) groups is 1. The number of carboxylic acids is 1. The normalized spacial score (nSPS) is 11.9. The van der Waals surface area contributed by atoms with Crippen LogP contribution in [0.5, 0.6) is 5.75 Å². The van der Waals surface area contributed by atoms with Crippen molar-refractivity contribution in [2.45, 2.75) is 19.4 Å². The molecule has 1 rings (SSSR count). The molecule has 0 aliphatic carbocycles. The highest BCUT2D eigenvalue weighted by atomic mass is 79.9. The molecule has 7 nitrogen and oxygen atoms in total. The highest BCUT2D eigenvalue weighted by Gasteiger charge is 2.18. The lowest BCUT2D eigenvalue weighted by molar-refractivity contribution is -0.385. The van der Waals surface area contributed by atoms with Gasteiger partial charge in [0, 0.05) is 17.0 Å². The number of halogens is 1. The van der Waals surface area contributed by atoms with Crippen LogP contribution in [0.15, 0.2) is 22.7 Å². The molecule has 0 fully saturated rings. The summed E-state index contributed by atoms with van der Waals surface area (Å²) in [6, 6.07) is 3.72. The van der Waals surface area contributed by atoms with Crippen molar-refractivity contribution in [3.05, 3.63) is 32.8 Å². The topological polar surface area (TPSA) is 102 Å². The average molecular weight is 347 g/mol. The Hall–Kier alpha value is -1.67. The molecule has 1 unspecified atom stereocenters. The molecule has 0 aliphatic rings. The second kappa shape index (κ2) is 7.81. The van der Waals surface area contributed by atoms with Gasteiger partial charge in [-0.05, 0) is 18.7 Å². The molecule has 0 aromatic heterocycles. The van der Waals surface area contributed by atoms with Crippen molar-refractivity contribution >= 4 is 27.6 Å². The van der Waals surface area contributed by atoms with E-state index in [2.05, 4.69) is 21.2 Å². The van der Waals surface area contributed by atoms with Crippen LogP contribution < -0.4 is 10.1 Å². The van der Waals surface area contributed by atoms with Crippen molar-refractivity contribution in [2.75, 3.05) is 13.2 Å². The number of benzene rings is 1. The van der Waals surface area contributed by atoms with Crippen molar-refractivity contribution in [1.29, 1.82) is 0 Å². The van der Waals surface area contributed by atoms with Gasteiger partial charge in [-0.3, -0.25) is 14.9 Å². The standard InChI is InChI=1S/C12H15BrN2O5/c1-2-14-9(12(16)17)5-6-20-11-4-3-8(13)7-10(11)15(18)19/h3-4,7,9,14H,2,5-6H2,1H3,(H,16,17). The summed E-state index contributed by atoms with van der Waals surface area (Å²) >= 11 is 3.15. The summed E-state index contributed by atoms with van der Waals surface area (Å²) in [4.78, 5) is 21.3. The fourth-order valence-corrected chi connectivity index (χ4v) is 1.95. The molecule has 1 atom stereocenters. The predicted octanol–water partition coefficient (Wildman–Crippen LogP) is 2.19. The van der Waals surface area contributed by atoms with Gasteiger partial charge in [0.15, 0.2) is 5.75 Å². The number of likely N-dealkylation sites (N-methyl/N-ethyl adjacent to an activating group) is 1. The summed E-state index contributed by atoms with van der Waals surface area (Å²) in [5.74, 6) is -0.848. The summed E-state index contributed by atoms with van der Waals surface area (Å²) in [7, 11) is 0. The summed E-state index contributed by atoms with van der Waals surface area (Å²) in [5, 5.41) is 22.6. The second-order valence-electron chi connectivity index (χ2n) is 3.95. The summed E-state index contributed by atoms with van der Waals surface area (Å²) in [6.07, 6.45) is 0.219. The van der Waals surface area contributed by atoms with E-state index >= 15 is 0 Å². The molecule has 1 aromatic carbocycles. The average Bonchev–Trinajstić information content (AvgIpc) is 2.38. The molecule has 1 aromatic rings. The van der Waals surface area contributed by atoms with Crippen molar-refractivity contribution in [1.82, 2.24) is 5.32 Å². The number of aliphatic carboxylic acids is 1. The lowest BCUT2D eigenvalue weighted by Gasteiger charge is -2.13. The molecule has 0 saturated heterocycles. The van der Waals surface area contributed by atoms with Crippen LogP contribution in [0.1, 0.15) is 13.3 Å². The van der Waals surface area contributed by atoms with Crippen LogP contribution in [-0.4, -0.2) is 35.2 Å². The van der Waals surface area contributed by atoms with Crippen LogP contribution in [0.25, 0.3) is 0 Å². The maximum absolute atomic E-state index is 10.9. The van der Waals surface area contributed by atoms with Gasteiger partial charge in [0.25, 0.3) is 0 Å². The van der Waals surface area contributed by atoms with E-state index in [1.807, 2.05) is 0 Å².